The van der Waals surface area contributed by atoms with Crippen molar-refractivity contribution < 1.29 is 4.74 Å². The molecule has 0 aromatic carbocycles. The van der Waals surface area contributed by atoms with E-state index in [9.17, 15) is 0 Å². The molecule has 1 saturated heterocycles. The van der Waals surface area contributed by atoms with Crippen LogP contribution in [-0.2, 0) is 4.74 Å². The molecule has 1 aliphatic heterocycles. The number of rotatable bonds is 1. The first kappa shape index (κ1) is 10.4. The summed E-state index contributed by atoms with van der Waals surface area (Å²) in [7, 11) is 0. The van der Waals surface area contributed by atoms with Gasteiger partial charge in [-0.2, -0.15) is 0 Å². The van der Waals surface area contributed by atoms with Gasteiger partial charge in [-0.1, -0.05) is 19.3 Å². The average Bonchev–Trinajstić information content (AvgIpc) is 2.19. The molecule has 2 aliphatic rings. The van der Waals surface area contributed by atoms with E-state index < -0.39 is 0 Å². The van der Waals surface area contributed by atoms with Gasteiger partial charge in [-0.3, -0.25) is 4.90 Å². The van der Waals surface area contributed by atoms with Crippen LogP contribution in [0.5, 0.6) is 0 Å². The van der Waals surface area contributed by atoms with E-state index in [0.29, 0.717) is 6.10 Å². The standard InChI is InChI=1S/C12H23NO/c1-10-8-11(2)14-9-13(10)12-6-4-3-5-7-12/h10-12H,3-9H2,1-2H3/t10-,11+/m0/s1. The van der Waals surface area contributed by atoms with Crippen molar-refractivity contribution in [2.45, 2.75) is 70.6 Å². The van der Waals surface area contributed by atoms with E-state index >= 15 is 0 Å². The third-order valence-corrected chi connectivity index (χ3v) is 3.79. The zero-order valence-corrected chi connectivity index (χ0v) is 9.54. The van der Waals surface area contributed by atoms with E-state index in [0.717, 1.165) is 18.8 Å². The van der Waals surface area contributed by atoms with Crippen molar-refractivity contribution in [2.24, 2.45) is 0 Å². The Balaban J connectivity index is 1.89. The largest absolute Gasteiger partial charge is 0.363 e. The van der Waals surface area contributed by atoms with Crippen LogP contribution in [0.25, 0.3) is 0 Å². The van der Waals surface area contributed by atoms with Gasteiger partial charge in [0.2, 0.25) is 0 Å². The molecule has 2 fully saturated rings. The van der Waals surface area contributed by atoms with Crippen LogP contribution in [0, 0.1) is 0 Å². The number of ether oxygens (including phenoxy) is 1. The van der Waals surface area contributed by atoms with Gasteiger partial charge in [0.15, 0.2) is 0 Å². The molecule has 1 saturated carbocycles. The van der Waals surface area contributed by atoms with E-state index in [1.807, 2.05) is 0 Å². The Kier molecular flexibility index (Phi) is 3.45. The maximum Gasteiger partial charge on any atom is 0.0998 e. The third-order valence-electron chi connectivity index (χ3n) is 3.79. The Bertz CT molecular complexity index is 177. The van der Waals surface area contributed by atoms with Gasteiger partial charge in [0.1, 0.15) is 0 Å². The molecule has 0 spiro atoms. The van der Waals surface area contributed by atoms with Gasteiger partial charge in [0.25, 0.3) is 0 Å². The van der Waals surface area contributed by atoms with E-state index in [1.165, 1.54) is 38.5 Å². The highest BCUT2D eigenvalue weighted by molar-refractivity contribution is 4.81. The van der Waals surface area contributed by atoms with Crippen molar-refractivity contribution in [3.05, 3.63) is 0 Å². The quantitative estimate of drug-likeness (QED) is 0.641. The van der Waals surface area contributed by atoms with Crippen LogP contribution in [0.4, 0.5) is 0 Å². The monoisotopic (exact) mass is 197 g/mol. The van der Waals surface area contributed by atoms with Crippen molar-refractivity contribution >= 4 is 0 Å². The Labute approximate surface area is 87.6 Å². The average molecular weight is 197 g/mol. The van der Waals surface area contributed by atoms with Crippen LogP contribution >= 0.6 is 0 Å². The molecule has 0 radical (unpaired) electrons. The second kappa shape index (κ2) is 4.63. The molecule has 82 valence electrons. The second-order valence-electron chi connectivity index (χ2n) is 5.00. The lowest BCUT2D eigenvalue weighted by molar-refractivity contribution is -0.107. The highest BCUT2D eigenvalue weighted by Gasteiger charge is 2.29. The van der Waals surface area contributed by atoms with E-state index in [-0.39, 0.29) is 0 Å². The van der Waals surface area contributed by atoms with Crippen LogP contribution in [0.1, 0.15) is 52.4 Å². The van der Waals surface area contributed by atoms with Crippen molar-refractivity contribution in [3.63, 3.8) is 0 Å². The fourth-order valence-electron chi connectivity index (χ4n) is 2.90. The number of hydrogen-bond donors (Lipinski definition) is 0. The molecule has 0 N–H and O–H groups in total. The molecule has 1 aliphatic carbocycles. The minimum Gasteiger partial charge on any atom is -0.363 e. The summed E-state index contributed by atoms with van der Waals surface area (Å²) in [5.41, 5.74) is 0. The van der Waals surface area contributed by atoms with Crippen LogP contribution in [-0.4, -0.2) is 29.8 Å². The highest BCUT2D eigenvalue weighted by Crippen LogP contribution is 2.27. The second-order valence-corrected chi connectivity index (χ2v) is 5.00. The fraction of sp³-hybridized carbons (Fsp3) is 1.00. The lowest BCUT2D eigenvalue weighted by Gasteiger charge is -2.42. The van der Waals surface area contributed by atoms with Gasteiger partial charge >= 0.3 is 0 Å². The third kappa shape index (κ3) is 2.29. The van der Waals surface area contributed by atoms with Crippen molar-refractivity contribution in [2.75, 3.05) is 6.73 Å². The zero-order chi connectivity index (χ0) is 9.97. The lowest BCUT2D eigenvalue weighted by Crippen LogP contribution is -2.49. The first-order valence-corrected chi connectivity index (χ1v) is 6.14. The van der Waals surface area contributed by atoms with Crippen LogP contribution in [0.3, 0.4) is 0 Å². The Morgan fingerprint density at radius 3 is 2.43 bits per heavy atom. The maximum atomic E-state index is 5.74. The molecule has 1 heterocycles. The van der Waals surface area contributed by atoms with Gasteiger partial charge in [-0.25, -0.2) is 0 Å². The minimum absolute atomic E-state index is 0.463. The molecule has 0 unspecified atom stereocenters. The fourth-order valence-corrected chi connectivity index (χ4v) is 2.90. The smallest absolute Gasteiger partial charge is 0.0998 e. The summed E-state index contributed by atoms with van der Waals surface area (Å²) >= 11 is 0. The molecule has 0 aromatic heterocycles. The van der Waals surface area contributed by atoms with Gasteiger partial charge in [-0.15, -0.1) is 0 Å². The summed E-state index contributed by atoms with van der Waals surface area (Å²) in [6.45, 7) is 5.41. The van der Waals surface area contributed by atoms with Gasteiger partial charge in [0.05, 0.1) is 12.8 Å². The van der Waals surface area contributed by atoms with Crippen LogP contribution in [0.15, 0.2) is 0 Å². The molecule has 0 amide bonds. The summed E-state index contributed by atoms with van der Waals surface area (Å²) in [5.74, 6) is 0. The molecular weight excluding hydrogens is 174 g/mol. The summed E-state index contributed by atoms with van der Waals surface area (Å²) < 4.78 is 5.74. The minimum atomic E-state index is 0.463. The van der Waals surface area contributed by atoms with Crippen molar-refractivity contribution in [1.29, 1.82) is 0 Å². The Hall–Kier alpha value is -0.0800. The first-order chi connectivity index (χ1) is 6.77. The summed E-state index contributed by atoms with van der Waals surface area (Å²) in [6.07, 6.45) is 8.73. The zero-order valence-electron chi connectivity index (χ0n) is 9.54. The first-order valence-electron chi connectivity index (χ1n) is 6.14. The van der Waals surface area contributed by atoms with E-state index in [2.05, 4.69) is 18.7 Å². The van der Waals surface area contributed by atoms with Gasteiger partial charge in [-0.05, 0) is 33.1 Å². The Morgan fingerprint density at radius 1 is 1.07 bits per heavy atom. The van der Waals surface area contributed by atoms with Gasteiger partial charge < -0.3 is 4.74 Å². The highest BCUT2D eigenvalue weighted by atomic mass is 16.5. The summed E-state index contributed by atoms with van der Waals surface area (Å²) in [5, 5.41) is 0. The molecule has 2 atom stereocenters. The number of hydrogen-bond acceptors (Lipinski definition) is 2. The van der Waals surface area contributed by atoms with E-state index in [4.69, 9.17) is 4.74 Å². The van der Waals surface area contributed by atoms with Crippen LogP contribution < -0.4 is 0 Å². The lowest BCUT2D eigenvalue weighted by atomic mass is 9.92. The predicted octanol–water partition coefficient (Wildman–Crippen LogP) is 2.78. The summed E-state index contributed by atoms with van der Waals surface area (Å²) in [6, 6.07) is 1.54. The topological polar surface area (TPSA) is 12.5 Å². The number of nitrogens with zero attached hydrogens (tertiary/aromatic N) is 1. The molecule has 2 heteroatoms. The molecule has 2 nitrogen and oxygen atoms in total. The SMILES string of the molecule is C[C@@H]1C[C@H](C)N(C2CCCCC2)CO1. The maximum absolute atomic E-state index is 5.74. The summed E-state index contributed by atoms with van der Waals surface area (Å²) in [4.78, 5) is 2.58. The molecule has 14 heavy (non-hydrogen) atoms. The normalized spacial score (nSPS) is 37.3. The van der Waals surface area contributed by atoms with Gasteiger partial charge in [0, 0.05) is 12.1 Å². The molecule has 2 rings (SSSR count). The van der Waals surface area contributed by atoms with Crippen molar-refractivity contribution in [1.82, 2.24) is 4.90 Å². The van der Waals surface area contributed by atoms with Crippen LogP contribution in [0.2, 0.25) is 0 Å². The molecular formula is C12H23NO. The molecule has 0 aromatic rings. The predicted molar refractivity (Wildman–Crippen MR) is 58.2 cm³/mol. The van der Waals surface area contributed by atoms with E-state index in [1.54, 1.807) is 0 Å². The van der Waals surface area contributed by atoms with Crippen molar-refractivity contribution in [3.8, 4) is 0 Å². The molecule has 0 bridgehead atoms. The Morgan fingerprint density at radius 2 is 1.79 bits per heavy atom.